The Morgan fingerprint density at radius 3 is 2.71 bits per heavy atom. The summed E-state index contributed by atoms with van der Waals surface area (Å²) in [4.78, 5) is 8.60. The molecule has 1 heterocycles. The molecule has 0 atom stereocenters. The van der Waals surface area contributed by atoms with Gasteiger partial charge in [0.1, 0.15) is 18.2 Å². The highest BCUT2D eigenvalue weighted by atomic mass is 79.9. The van der Waals surface area contributed by atoms with Gasteiger partial charge in [-0.25, -0.2) is 15.8 Å². The molecule has 0 amide bonds. The van der Waals surface area contributed by atoms with E-state index in [-0.39, 0.29) is 0 Å². The van der Waals surface area contributed by atoms with Crippen LogP contribution in [0.4, 0.5) is 17.3 Å². The van der Waals surface area contributed by atoms with Crippen LogP contribution in [0.5, 0.6) is 0 Å². The number of aromatic nitrogens is 2. The van der Waals surface area contributed by atoms with Gasteiger partial charge in [0.05, 0.1) is 5.02 Å². The maximum atomic E-state index is 5.97. The van der Waals surface area contributed by atoms with Crippen LogP contribution in [0.1, 0.15) is 12.7 Å². The third-order valence-electron chi connectivity index (χ3n) is 2.55. The van der Waals surface area contributed by atoms with Crippen LogP contribution in [0, 0.1) is 0 Å². The van der Waals surface area contributed by atoms with Crippen LogP contribution in [0.3, 0.4) is 0 Å². The highest BCUT2D eigenvalue weighted by Gasteiger charge is 2.06. The lowest BCUT2D eigenvalue weighted by Gasteiger charge is -2.10. The molecule has 8 heteroatoms. The van der Waals surface area contributed by atoms with Gasteiger partial charge in [-0.05, 0) is 41.1 Å². The first-order valence-electron chi connectivity index (χ1n) is 6.26. The van der Waals surface area contributed by atoms with Crippen molar-refractivity contribution in [1.29, 1.82) is 0 Å². The molecule has 0 saturated carbocycles. The number of benzene rings is 1. The van der Waals surface area contributed by atoms with Crippen molar-refractivity contribution < 1.29 is 4.74 Å². The van der Waals surface area contributed by atoms with Crippen LogP contribution >= 0.6 is 27.5 Å². The van der Waals surface area contributed by atoms with Gasteiger partial charge < -0.3 is 15.5 Å². The van der Waals surface area contributed by atoms with Crippen molar-refractivity contribution in [1.82, 2.24) is 9.97 Å². The lowest BCUT2D eigenvalue weighted by atomic mass is 10.3. The number of hydrogen-bond donors (Lipinski definition) is 3. The number of nitrogens with two attached hydrogens (primary N) is 1. The summed E-state index contributed by atoms with van der Waals surface area (Å²) in [6, 6.07) is 7.21. The van der Waals surface area contributed by atoms with Gasteiger partial charge in [-0.3, -0.25) is 0 Å². The van der Waals surface area contributed by atoms with Crippen molar-refractivity contribution in [3.05, 3.63) is 39.6 Å². The van der Waals surface area contributed by atoms with E-state index in [1.54, 1.807) is 12.1 Å². The number of halogens is 2. The number of hydrazine groups is 1. The third-order valence-corrected chi connectivity index (χ3v) is 3.76. The molecule has 0 spiro atoms. The summed E-state index contributed by atoms with van der Waals surface area (Å²) in [6.45, 7) is 2.83. The molecule has 0 aliphatic carbocycles. The smallest absolute Gasteiger partial charge is 0.158 e. The van der Waals surface area contributed by atoms with Gasteiger partial charge in [-0.2, -0.15) is 0 Å². The average molecular weight is 373 g/mol. The van der Waals surface area contributed by atoms with E-state index < -0.39 is 0 Å². The first kappa shape index (κ1) is 16.0. The predicted octanol–water partition coefficient (Wildman–Crippen LogP) is 3.46. The van der Waals surface area contributed by atoms with E-state index in [0.29, 0.717) is 35.7 Å². The summed E-state index contributed by atoms with van der Waals surface area (Å²) in [6.07, 6.45) is 0. The largest absolute Gasteiger partial charge is 0.374 e. The molecule has 0 saturated heterocycles. The Balaban J connectivity index is 2.23. The molecule has 0 radical (unpaired) electrons. The van der Waals surface area contributed by atoms with Gasteiger partial charge in [0.2, 0.25) is 0 Å². The summed E-state index contributed by atoms with van der Waals surface area (Å²) in [5.74, 6) is 7.09. The summed E-state index contributed by atoms with van der Waals surface area (Å²) in [5.41, 5.74) is 3.36. The quantitative estimate of drug-likeness (QED) is 0.532. The topological polar surface area (TPSA) is 85.1 Å². The molecule has 0 unspecified atom stereocenters. The van der Waals surface area contributed by atoms with Crippen molar-refractivity contribution in [2.45, 2.75) is 13.5 Å². The van der Waals surface area contributed by atoms with Gasteiger partial charge in [0.25, 0.3) is 0 Å². The van der Waals surface area contributed by atoms with Crippen LogP contribution in [0.15, 0.2) is 28.7 Å². The minimum absolute atomic E-state index is 0.324. The highest BCUT2D eigenvalue weighted by Crippen LogP contribution is 2.27. The summed E-state index contributed by atoms with van der Waals surface area (Å²) in [7, 11) is 0. The molecule has 1 aromatic carbocycles. The van der Waals surface area contributed by atoms with Crippen molar-refractivity contribution in [3.8, 4) is 0 Å². The van der Waals surface area contributed by atoms with Gasteiger partial charge in [0.15, 0.2) is 5.82 Å². The van der Waals surface area contributed by atoms with Crippen LogP contribution in [0.25, 0.3) is 0 Å². The van der Waals surface area contributed by atoms with E-state index in [1.165, 1.54) is 0 Å². The minimum Gasteiger partial charge on any atom is -0.374 e. The van der Waals surface area contributed by atoms with E-state index in [1.807, 2.05) is 19.1 Å². The van der Waals surface area contributed by atoms with E-state index >= 15 is 0 Å². The molecule has 2 aromatic rings. The number of nitrogens with zero attached hydrogens (tertiary/aromatic N) is 2. The Morgan fingerprint density at radius 1 is 1.29 bits per heavy atom. The highest BCUT2D eigenvalue weighted by molar-refractivity contribution is 9.10. The molecule has 6 nitrogen and oxygen atoms in total. The molecule has 1 aromatic heterocycles. The van der Waals surface area contributed by atoms with Crippen molar-refractivity contribution >= 4 is 44.9 Å². The lowest BCUT2D eigenvalue weighted by Crippen LogP contribution is -2.12. The number of ether oxygens (including phenoxy) is 1. The maximum Gasteiger partial charge on any atom is 0.158 e. The van der Waals surface area contributed by atoms with E-state index in [4.69, 9.17) is 22.2 Å². The Labute approximate surface area is 136 Å². The zero-order valence-electron chi connectivity index (χ0n) is 11.4. The van der Waals surface area contributed by atoms with Crippen molar-refractivity contribution in [2.75, 3.05) is 17.3 Å². The SMILES string of the molecule is CCOCc1nc(NN)cc(Nc2ccc(Cl)c(Br)c2)n1. The normalized spacial score (nSPS) is 10.5. The van der Waals surface area contributed by atoms with E-state index in [2.05, 4.69) is 36.6 Å². The zero-order chi connectivity index (χ0) is 15.2. The Hall–Kier alpha value is -1.41. The maximum absolute atomic E-state index is 5.97. The number of anilines is 3. The van der Waals surface area contributed by atoms with Crippen LogP contribution in [0.2, 0.25) is 5.02 Å². The van der Waals surface area contributed by atoms with Gasteiger partial charge >= 0.3 is 0 Å². The number of hydrogen-bond acceptors (Lipinski definition) is 6. The molecule has 0 fully saturated rings. The van der Waals surface area contributed by atoms with Gasteiger partial charge in [-0.15, -0.1) is 0 Å². The molecule has 4 N–H and O–H groups in total. The van der Waals surface area contributed by atoms with Gasteiger partial charge in [-0.1, -0.05) is 11.6 Å². The molecule has 0 aliphatic rings. The third kappa shape index (κ3) is 4.53. The number of nitrogen functional groups attached to an aromatic ring is 1. The fourth-order valence-electron chi connectivity index (χ4n) is 1.61. The lowest BCUT2D eigenvalue weighted by molar-refractivity contribution is 0.128. The monoisotopic (exact) mass is 371 g/mol. The molecule has 2 rings (SSSR count). The summed E-state index contributed by atoms with van der Waals surface area (Å²) in [5, 5.41) is 3.82. The van der Waals surface area contributed by atoms with Crippen LogP contribution in [-0.2, 0) is 11.3 Å². The standard InChI is InChI=1S/C13H15BrClN5O/c1-2-21-7-13-18-11(6-12(19-13)20-16)17-8-3-4-10(15)9(14)5-8/h3-6H,2,7,16H2,1H3,(H2,17,18,19,20). The first-order chi connectivity index (χ1) is 10.1. The zero-order valence-corrected chi connectivity index (χ0v) is 13.7. The Morgan fingerprint density at radius 2 is 2.05 bits per heavy atom. The van der Waals surface area contributed by atoms with E-state index in [9.17, 15) is 0 Å². The summed E-state index contributed by atoms with van der Waals surface area (Å²) < 4.78 is 6.11. The van der Waals surface area contributed by atoms with Crippen LogP contribution in [-0.4, -0.2) is 16.6 Å². The minimum atomic E-state index is 0.324. The number of rotatable bonds is 6. The second-order valence-electron chi connectivity index (χ2n) is 4.09. The second-order valence-corrected chi connectivity index (χ2v) is 5.35. The Bertz CT molecular complexity index is 626. The number of nitrogens with one attached hydrogen (secondary N) is 2. The molecular formula is C13H15BrClN5O. The average Bonchev–Trinajstić information content (AvgIpc) is 2.48. The molecular weight excluding hydrogens is 358 g/mol. The van der Waals surface area contributed by atoms with Crippen molar-refractivity contribution in [3.63, 3.8) is 0 Å². The molecule has 0 bridgehead atoms. The predicted molar refractivity (Wildman–Crippen MR) is 87.6 cm³/mol. The Kier molecular flexibility index (Phi) is 5.75. The molecule has 21 heavy (non-hydrogen) atoms. The molecule has 0 aliphatic heterocycles. The fourth-order valence-corrected chi connectivity index (χ4v) is 2.11. The van der Waals surface area contributed by atoms with E-state index in [0.717, 1.165) is 10.2 Å². The van der Waals surface area contributed by atoms with Gasteiger partial charge in [0, 0.05) is 22.8 Å². The second kappa shape index (κ2) is 7.56. The summed E-state index contributed by atoms with van der Waals surface area (Å²) >= 11 is 9.35. The molecule has 112 valence electrons. The first-order valence-corrected chi connectivity index (χ1v) is 7.44. The van der Waals surface area contributed by atoms with Crippen LogP contribution < -0.4 is 16.6 Å². The fraction of sp³-hybridized carbons (Fsp3) is 0.231. The van der Waals surface area contributed by atoms with Crippen molar-refractivity contribution in [2.24, 2.45) is 5.84 Å².